The van der Waals surface area contributed by atoms with E-state index in [4.69, 9.17) is 9.52 Å². The van der Waals surface area contributed by atoms with Crippen molar-refractivity contribution in [1.82, 2.24) is 15.5 Å². The zero-order chi connectivity index (χ0) is 14.5. The number of aryl methyl sites for hydroxylation is 1. The third-order valence-corrected chi connectivity index (χ3v) is 3.27. The molecule has 0 radical (unpaired) electrons. The van der Waals surface area contributed by atoms with Gasteiger partial charge in [0.25, 0.3) is 0 Å². The molecule has 8 nitrogen and oxygen atoms in total. The van der Waals surface area contributed by atoms with Gasteiger partial charge in [-0.3, -0.25) is 5.32 Å². The van der Waals surface area contributed by atoms with Crippen LogP contribution in [0.5, 0.6) is 0 Å². The first kappa shape index (κ1) is 14.0. The molecular formula is C11H12N4O4S. The van der Waals surface area contributed by atoms with Gasteiger partial charge < -0.3 is 14.8 Å². The van der Waals surface area contributed by atoms with Crippen molar-refractivity contribution in [2.75, 3.05) is 5.32 Å². The summed E-state index contributed by atoms with van der Waals surface area (Å²) in [6.07, 6.45) is 0.755. The van der Waals surface area contributed by atoms with E-state index >= 15 is 0 Å². The lowest BCUT2D eigenvalue weighted by Crippen LogP contribution is -2.27. The minimum atomic E-state index is -1.15. The average molecular weight is 296 g/mol. The van der Waals surface area contributed by atoms with Gasteiger partial charge in [0.05, 0.1) is 6.54 Å². The van der Waals surface area contributed by atoms with E-state index in [1.807, 2.05) is 6.92 Å². The maximum absolute atomic E-state index is 11.6. The van der Waals surface area contributed by atoms with Crippen LogP contribution in [0.3, 0.4) is 0 Å². The van der Waals surface area contributed by atoms with E-state index < -0.39 is 12.0 Å². The van der Waals surface area contributed by atoms with Gasteiger partial charge in [-0.1, -0.05) is 18.3 Å². The van der Waals surface area contributed by atoms with Crippen LogP contribution >= 0.6 is 11.3 Å². The maximum Gasteiger partial charge on any atom is 0.371 e. The molecule has 0 saturated carbocycles. The molecule has 2 amide bonds. The quantitative estimate of drug-likeness (QED) is 0.773. The van der Waals surface area contributed by atoms with Gasteiger partial charge in [0.1, 0.15) is 10.8 Å². The van der Waals surface area contributed by atoms with Crippen LogP contribution < -0.4 is 10.6 Å². The van der Waals surface area contributed by atoms with E-state index in [1.54, 1.807) is 0 Å². The van der Waals surface area contributed by atoms with E-state index in [9.17, 15) is 9.59 Å². The lowest BCUT2D eigenvalue weighted by Gasteiger charge is -2.02. The van der Waals surface area contributed by atoms with E-state index in [2.05, 4.69) is 20.8 Å². The van der Waals surface area contributed by atoms with Gasteiger partial charge in [-0.25, -0.2) is 9.59 Å². The molecule has 20 heavy (non-hydrogen) atoms. The van der Waals surface area contributed by atoms with Gasteiger partial charge in [0.2, 0.25) is 10.9 Å². The van der Waals surface area contributed by atoms with Crippen molar-refractivity contribution in [2.24, 2.45) is 0 Å². The van der Waals surface area contributed by atoms with Gasteiger partial charge >= 0.3 is 12.0 Å². The number of hydrogen-bond acceptors (Lipinski definition) is 6. The van der Waals surface area contributed by atoms with Crippen molar-refractivity contribution >= 4 is 28.5 Å². The topological polar surface area (TPSA) is 117 Å². The summed E-state index contributed by atoms with van der Waals surface area (Å²) in [4.78, 5) is 22.2. The number of nitrogens with zero attached hydrogens (tertiary/aromatic N) is 2. The van der Waals surface area contributed by atoms with Crippen LogP contribution in [0.25, 0.3) is 0 Å². The molecular weight excluding hydrogens is 284 g/mol. The van der Waals surface area contributed by atoms with Crippen molar-refractivity contribution < 1.29 is 19.1 Å². The highest BCUT2D eigenvalue weighted by molar-refractivity contribution is 7.15. The molecule has 0 unspecified atom stereocenters. The number of furan rings is 1. The Kier molecular flexibility index (Phi) is 4.31. The molecule has 106 valence electrons. The molecule has 0 fully saturated rings. The average Bonchev–Trinajstić information content (AvgIpc) is 3.05. The predicted molar refractivity (Wildman–Crippen MR) is 70.8 cm³/mol. The summed E-state index contributed by atoms with van der Waals surface area (Å²) >= 11 is 1.30. The third kappa shape index (κ3) is 3.54. The third-order valence-electron chi connectivity index (χ3n) is 2.29. The van der Waals surface area contributed by atoms with Crippen molar-refractivity contribution in [3.8, 4) is 0 Å². The highest BCUT2D eigenvalue weighted by Gasteiger charge is 2.10. The molecule has 2 heterocycles. The molecule has 2 rings (SSSR count). The molecule has 9 heteroatoms. The largest absolute Gasteiger partial charge is 0.475 e. The molecule has 0 aromatic carbocycles. The Morgan fingerprint density at radius 3 is 2.80 bits per heavy atom. The Bertz CT molecular complexity index is 621. The smallest absolute Gasteiger partial charge is 0.371 e. The summed E-state index contributed by atoms with van der Waals surface area (Å²) in [5, 5.41) is 22.7. The SMILES string of the molecule is CCc1nnc(NC(=O)NCc2ccc(C(=O)O)o2)s1. The van der Waals surface area contributed by atoms with Crippen LogP contribution in [0, 0.1) is 0 Å². The zero-order valence-electron chi connectivity index (χ0n) is 10.5. The normalized spacial score (nSPS) is 10.2. The number of rotatable bonds is 5. The van der Waals surface area contributed by atoms with Gasteiger partial charge in [-0.05, 0) is 18.6 Å². The number of aromatic nitrogens is 2. The fourth-order valence-corrected chi connectivity index (χ4v) is 2.02. The summed E-state index contributed by atoms with van der Waals surface area (Å²) < 4.78 is 5.00. The number of anilines is 1. The number of carboxylic acid groups (broad SMARTS) is 1. The molecule has 2 aromatic rings. The highest BCUT2D eigenvalue weighted by atomic mass is 32.1. The monoisotopic (exact) mass is 296 g/mol. The van der Waals surface area contributed by atoms with Gasteiger partial charge in [0, 0.05) is 0 Å². The van der Waals surface area contributed by atoms with Gasteiger partial charge in [0.15, 0.2) is 0 Å². The fraction of sp³-hybridized carbons (Fsp3) is 0.273. The minimum Gasteiger partial charge on any atom is -0.475 e. The molecule has 0 spiro atoms. The summed E-state index contributed by atoms with van der Waals surface area (Å²) in [6, 6.07) is 2.36. The maximum atomic E-state index is 11.6. The van der Waals surface area contributed by atoms with Crippen LogP contribution in [0.1, 0.15) is 28.2 Å². The number of amides is 2. The summed E-state index contributed by atoms with van der Waals surface area (Å²) in [6.45, 7) is 2.03. The summed E-state index contributed by atoms with van der Waals surface area (Å²) in [7, 11) is 0. The van der Waals surface area contributed by atoms with E-state index in [0.717, 1.165) is 11.4 Å². The number of aromatic carboxylic acids is 1. The first-order valence-electron chi connectivity index (χ1n) is 5.77. The molecule has 0 atom stereocenters. The second-order valence-electron chi connectivity index (χ2n) is 3.73. The fourth-order valence-electron chi connectivity index (χ4n) is 1.34. The Balaban J connectivity index is 1.83. The standard InChI is InChI=1S/C11H12N4O4S/c1-2-8-14-15-11(20-8)13-10(18)12-5-6-3-4-7(19-6)9(16)17/h3-4H,2,5H2,1H3,(H,16,17)(H2,12,13,15,18). The zero-order valence-corrected chi connectivity index (χ0v) is 11.4. The second-order valence-corrected chi connectivity index (χ2v) is 4.80. The van der Waals surface area contributed by atoms with E-state index in [1.165, 1.54) is 23.5 Å². The van der Waals surface area contributed by atoms with Crippen LogP contribution in [0.2, 0.25) is 0 Å². The number of hydrogen-bond donors (Lipinski definition) is 3. The number of nitrogens with one attached hydrogen (secondary N) is 2. The summed E-state index contributed by atoms with van der Waals surface area (Å²) in [5.74, 6) is -0.968. The Morgan fingerprint density at radius 2 is 2.20 bits per heavy atom. The van der Waals surface area contributed by atoms with Gasteiger partial charge in [-0.2, -0.15) is 0 Å². The van der Waals surface area contributed by atoms with E-state index in [-0.39, 0.29) is 12.3 Å². The molecule has 0 saturated heterocycles. The van der Waals surface area contributed by atoms with Crippen molar-refractivity contribution in [3.63, 3.8) is 0 Å². The number of carboxylic acids is 1. The van der Waals surface area contributed by atoms with E-state index in [0.29, 0.717) is 10.9 Å². The molecule has 0 aliphatic rings. The Morgan fingerprint density at radius 1 is 1.40 bits per heavy atom. The van der Waals surface area contributed by atoms with Crippen molar-refractivity contribution in [2.45, 2.75) is 19.9 Å². The lowest BCUT2D eigenvalue weighted by atomic mass is 10.4. The van der Waals surface area contributed by atoms with Crippen molar-refractivity contribution in [1.29, 1.82) is 0 Å². The summed E-state index contributed by atoms with van der Waals surface area (Å²) in [5.41, 5.74) is 0. The second kappa shape index (κ2) is 6.15. The van der Waals surface area contributed by atoms with Crippen LogP contribution in [-0.2, 0) is 13.0 Å². The lowest BCUT2D eigenvalue weighted by molar-refractivity contribution is 0.0660. The molecule has 2 aromatic heterocycles. The Hall–Kier alpha value is -2.42. The first-order valence-corrected chi connectivity index (χ1v) is 6.59. The van der Waals surface area contributed by atoms with Crippen molar-refractivity contribution in [3.05, 3.63) is 28.7 Å². The number of carbonyl (C=O) groups is 2. The first-order chi connectivity index (χ1) is 9.58. The van der Waals surface area contributed by atoms with Crippen LogP contribution in [0.15, 0.2) is 16.5 Å². The van der Waals surface area contributed by atoms with Crippen LogP contribution in [0.4, 0.5) is 9.93 Å². The molecule has 0 aliphatic carbocycles. The Labute approximate surface area is 117 Å². The molecule has 3 N–H and O–H groups in total. The highest BCUT2D eigenvalue weighted by Crippen LogP contribution is 2.15. The predicted octanol–water partition coefficient (Wildman–Crippen LogP) is 1.71. The number of urea groups is 1. The molecule has 0 aliphatic heterocycles. The van der Waals surface area contributed by atoms with Gasteiger partial charge in [-0.15, -0.1) is 10.2 Å². The number of carbonyl (C=O) groups excluding carboxylic acids is 1. The minimum absolute atomic E-state index is 0.0819. The van der Waals surface area contributed by atoms with Crippen LogP contribution in [-0.4, -0.2) is 27.3 Å². The molecule has 0 bridgehead atoms.